The van der Waals surface area contributed by atoms with Gasteiger partial charge in [0.25, 0.3) is 0 Å². The van der Waals surface area contributed by atoms with Crippen LogP contribution in [0.1, 0.15) is 12.5 Å². The lowest BCUT2D eigenvalue weighted by molar-refractivity contribution is 0.260. The van der Waals surface area contributed by atoms with E-state index >= 15 is 0 Å². The number of aliphatic hydroxyl groups is 1. The first-order valence-corrected chi connectivity index (χ1v) is 6.70. The maximum atomic E-state index is 12.1. The predicted molar refractivity (Wildman–Crippen MR) is 62.9 cm³/mol. The molecule has 1 aliphatic heterocycles. The van der Waals surface area contributed by atoms with Crippen molar-refractivity contribution in [3.8, 4) is 0 Å². The van der Waals surface area contributed by atoms with Gasteiger partial charge in [-0.05, 0) is 23.8 Å². The lowest BCUT2D eigenvalue weighted by Gasteiger charge is -2.09. The highest BCUT2D eigenvalue weighted by Gasteiger charge is 2.32. The van der Waals surface area contributed by atoms with E-state index in [0.29, 0.717) is 10.6 Å². The molecule has 2 rings (SSSR count). The first-order chi connectivity index (χ1) is 7.46. The van der Waals surface area contributed by atoms with Crippen molar-refractivity contribution in [1.29, 1.82) is 0 Å². The van der Waals surface area contributed by atoms with E-state index in [1.807, 2.05) is 0 Å². The maximum Gasteiger partial charge on any atom is 0.203 e. The van der Waals surface area contributed by atoms with Crippen LogP contribution in [0, 0.1) is 5.92 Å². The van der Waals surface area contributed by atoms with Crippen LogP contribution in [0.3, 0.4) is 0 Å². The third-order valence-corrected chi connectivity index (χ3v) is 4.94. The molecule has 1 aliphatic rings. The van der Waals surface area contributed by atoms with Crippen molar-refractivity contribution in [1.82, 2.24) is 0 Å². The molecule has 0 aliphatic carbocycles. The Morgan fingerprint density at radius 2 is 2.12 bits per heavy atom. The minimum absolute atomic E-state index is 0.188. The van der Waals surface area contributed by atoms with Crippen molar-refractivity contribution in [2.45, 2.75) is 11.8 Å². The van der Waals surface area contributed by atoms with Gasteiger partial charge in [0.1, 0.15) is 0 Å². The highest BCUT2D eigenvalue weighted by Crippen LogP contribution is 2.37. The first-order valence-electron chi connectivity index (χ1n) is 4.84. The summed E-state index contributed by atoms with van der Waals surface area (Å²) in [6, 6.07) is 4.77. The molecule has 1 N–H and O–H groups in total. The summed E-state index contributed by atoms with van der Waals surface area (Å²) >= 11 is 5.77. The number of hydrogen-bond acceptors (Lipinski definition) is 3. The molecule has 1 heterocycles. The molecule has 0 aromatic heterocycles. The quantitative estimate of drug-likeness (QED) is 0.884. The van der Waals surface area contributed by atoms with Crippen LogP contribution < -0.4 is 0 Å². The van der Waals surface area contributed by atoms with E-state index in [0.717, 1.165) is 0 Å². The Hall–Kier alpha value is -0.840. The summed E-state index contributed by atoms with van der Waals surface area (Å²) in [7, 11) is -3.46. The normalized spacial score (nSPS) is 19.1. The van der Waals surface area contributed by atoms with Crippen LogP contribution >= 0.6 is 11.6 Å². The average molecular weight is 259 g/mol. The van der Waals surface area contributed by atoms with Gasteiger partial charge in [-0.3, -0.25) is 0 Å². The van der Waals surface area contributed by atoms with Gasteiger partial charge >= 0.3 is 0 Å². The number of benzene rings is 1. The zero-order chi connectivity index (χ0) is 11.9. The molecule has 0 saturated carbocycles. The lowest BCUT2D eigenvalue weighted by Crippen LogP contribution is -2.11. The van der Waals surface area contributed by atoms with Gasteiger partial charge in [0.15, 0.2) is 0 Å². The monoisotopic (exact) mass is 258 g/mol. The SMILES string of the molecule is CC(CO)C1=Cc2ccc(Cl)cc2S1(=O)=O. The van der Waals surface area contributed by atoms with Gasteiger partial charge in [0, 0.05) is 10.9 Å². The zero-order valence-electron chi connectivity index (χ0n) is 8.64. The molecule has 0 saturated heterocycles. The lowest BCUT2D eigenvalue weighted by atomic mass is 10.1. The summed E-state index contributed by atoms with van der Waals surface area (Å²) in [6.45, 7) is 1.49. The maximum absolute atomic E-state index is 12.1. The highest BCUT2D eigenvalue weighted by atomic mass is 35.5. The predicted octanol–water partition coefficient (Wildman–Crippen LogP) is 2.10. The standard InChI is InChI=1S/C11H11ClO3S/c1-7(6-13)10-4-8-2-3-9(12)5-11(8)16(10,14)15/h2-5,7,13H,6H2,1H3. The summed E-state index contributed by atoms with van der Waals surface area (Å²) in [5.74, 6) is -0.392. The number of hydrogen-bond donors (Lipinski definition) is 1. The summed E-state index contributed by atoms with van der Waals surface area (Å²) in [5, 5.41) is 9.43. The number of sulfone groups is 1. The van der Waals surface area contributed by atoms with Crippen LogP contribution in [0.25, 0.3) is 6.08 Å². The van der Waals surface area contributed by atoms with E-state index in [1.165, 1.54) is 6.07 Å². The molecule has 1 atom stereocenters. The largest absolute Gasteiger partial charge is 0.396 e. The Labute approximate surface area is 99.3 Å². The van der Waals surface area contributed by atoms with E-state index in [2.05, 4.69) is 0 Å². The van der Waals surface area contributed by atoms with Crippen molar-refractivity contribution in [3.63, 3.8) is 0 Å². The molecule has 1 aromatic carbocycles. The van der Waals surface area contributed by atoms with Crippen LogP contribution in [0.4, 0.5) is 0 Å². The molecule has 5 heteroatoms. The third-order valence-electron chi connectivity index (χ3n) is 2.63. The van der Waals surface area contributed by atoms with E-state index in [1.54, 1.807) is 25.1 Å². The zero-order valence-corrected chi connectivity index (χ0v) is 10.2. The number of rotatable bonds is 2. The Bertz CT molecular complexity index is 561. The van der Waals surface area contributed by atoms with E-state index in [4.69, 9.17) is 16.7 Å². The molecule has 1 aromatic rings. The molecule has 0 bridgehead atoms. The molecule has 0 amide bonds. The second-order valence-electron chi connectivity index (χ2n) is 3.82. The molecular formula is C11H11ClO3S. The van der Waals surface area contributed by atoms with Crippen LogP contribution in [0.2, 0.25) is 5.02 Å². The van der Waals surface area contributed by atoms with E-state index in [-0.39, 0.29) is 16.4 Å². The second-order valence-corrected chi connectivity index (χ2v) is 6.17. The number of halogens is 1. The van der Waals surface area contributed by atoms with Crippen LogP contribution in [0.15, 0.2) is 28.0 Å². The Kier molecular flexibility index (Phi) is 2.82. The summed E-state index contributed by atoms with van der Waals surface area (Å²) in [5.41, 5.74) is 0.639. The highest BCUT2D eigenvalue weighted by molar-refractivity contribution is 7.95. The molecular weight excluding hydrogens is 248 g/mol. The fraction of sp³-hybridized carbons (Fsp3) is 0.273. The minimum Gasteiger partial charge on any atom is -0.396 e. The average Bonchev–Trinajstić information content (AvgIpc) is 2.50. The van der Waals surface area contributed by atoms with Gasteiger partial charge in [-0.15, -0.1) is 0 Å². The van der Waals surface area contributed by atoms with Crippen molar-refractivity contribution in [2.24, 2.45) is 5.92 Å². The Morgan fingerprint density at radius 1 is 1.44 bits per heavy atom. The molecule has 3 nitrogen and oxygen atoms in total. The van der Waals surface area contributed by atoms with Gasteiger partial charge in [-0.25, -0.2) is 8.42 Å². The summed E-state index contributed by atoms with van der Waals surface area (Å²) in [4.78, 5) is 0.488. The molecule has 86 valence electrons. The van der Waals surface area contributed by atoms with E-state index < -0.39 is 15.8 Å². The van der Waals surface area contributed by atoms with Crippen LogP contribution in [0.5, 0.6) is 0 Å². The second kappa shape index (κ2) is 3.87. The molecule has 1 unspecified atom stereocenters. The Balaban J connectivity index is 2.60. The fourth-order valence-electron chi connectivity index (χ4n) is 1.72. The van der Waals surface area contributed by atoms with E-state index in [9.17, 15) is 8.42 Å². The van der Waals surface area contributed by atoms with Gasteiger partial charge < -0.3 is 5.11 Å². The topological polar surface area (TPSA) is 54.4 Å². The third kappa shape index (κ3) is 1.67. The minimum atomic E-state index is -3.46. The molecule has 0 spiro atoms. The molecule has 16 heavy (non-hydrogen) atoms. The van der Waals surface area contributed by atoms with Crippen molar-refractivity contribution in [3.05, 3.63) is 33.7 Å². The Morgan fingerprint density at radius 3 is 2.75 bits per heavy atom. The van der Waals surface area contributed by atoms with Crippen LogP contribution in [-0.4, -0.2) is 20.1 Å². The molecule has 0 radical (unpaired) electrons. The van der Waals surface area contributed by atoms with Crippen LogP contribution in [-0.2, 0) is 9.84 Å². The summed E-state index contributed by atoms with van der Waals surface area (Å²) < 4.78 is 24.2. The molecule has 0 fully saturated rings. The van der Waals surface area contributed by atoms with Crippen molar-refractivity contribution >= 4 is 27.5 Å². The van der Waals surface area contributed by atoms with Gasteiger partial charge in [-0.2, -0.15) is 0 Å². The fourth-order valence-corrected chi connectivity index (χ4v) is 3.81. The number of fused-ring (bicyclic) bond motifs is 1. The number of aliphatic hydroxyl groups excluding tert-OH is 1. The van der Waals surface area contributed by atoms with Gasteiger partial charge in [-0.1, -0.05) is 24.6 Å². The van der Waals surface area contributed by atoms with Gasteiger partial charge in [0.05, 0.1) is 16.4 Å². The summed E-state index contributed by atoms with van der Waals surface area (Å²) in [6.07, 6.45) is 1.60. The first kappa shape index (κ1) is 11.6. The van der Waals surface area contributed by atoms with Gasteiger partial charge in [0.2, 0.25) is 9.84 Å². The smallest absolute Gasteiger partial charge is 0.203 e. The van der Waals surface area contributed by atoms with Crippen molar-refractivity contribution < 1.29 is 13.5 Å². The van der Waals surface area contributed by atoms with Crippen molar-refractivity contribution in [2.75, 3.05) is 6.61 Å².